The summed E-state index contributed by atoms with van der Waals surface area (Å²) in [7, 11) is 0. The van der Waals surface area contributed by atoms with E-state index in [9.17, 15) is 9.59 Å². The van der Waals surface area contributed by atoms with Crippen molar-refractivity contribution in [1.82, 2.24) is 19.6 Å². The molecule has 2 aliphatic heterocycles. The fourth-order valence-electron chi connectivity index (χ4n) is 5.64. The lowest BCUT2D eigenvalue weighted by molar-refractivity contribution is 0.0203. The largest absolute Gasteiger partial charge is 0.444 e. The third-order valence-corrected chi connectivity index (χ3v) is 8.17. The maximum absolute atomic E-state index is 14.0. The van der Waals surface area contributed by atoms with Crippen LogP contribution in [-0.4, -0.2) is 76.5 Å². The van der Waals surface area contributed by atoms with Crippen molar-refractivity contribution in [2.45, 2.75) is 52.1 Å². The first-order valence-corrected chi connectivity index (χ1v) is 14.9. The summed E-state index contributed by atoms with van der Waals surface area (Å²) in [6.07, 6.45) is 2.79. The molecule has 0 unspecified atom stereocenters. The van der Waals surface area contributed by atoms with Crippen molar-refractivity contribution in [3.05, 3.63) is 75.5 Å². The van der Waals surface area contributed by atoms with Crippen molar-refractivity contribution in [3.63, 3.8) is 0 Å². The molecule has 2 fully saturated rings. The molecule has 5 rings (SSSR count). The number of anilines is 1. The lowest BCUT2D eigenvalue weighted by Gasteiger charge is -2.37. The van der Waals surface area contributed by atoms with Gasteiger partial charge in [0.15, 0.2) is 0 Å². The van der Waals surface area contributed by atoms with Crippen LogP contribution in [-0.2, 0) is 4.74 Å². The monoisotopic (exact) mass is 597 g/mol. The SMILES string of the molecule is Cc1ccc(Cl)cc1N1CCN(C(=O)c2cnn(-c3cccc(Cl)c3)c2C2CCN(C(=O)OC(C)(C)C)CC2)CC1. The first-order valence-electron chi connectivity index (χ1n) is 14.1. The van der Waals surface area contributed by atoms with Crippen molar-refractivity contribution < 1.29 is 14.3 Å². The first-order chi connectivity index (χ1) is 19.5. The smallest absolute Gasteiger partial charge is 0.410 e. The zero-order valence-electron chi connectivity index (χ0n) is 24.1. The molecule has 0 radical (unpaired) electrons. The fraction of sp³-hybridized carbons (Fsp3) is 0.452. The maximum atomic E-state index is 14.0. The molecular formula is C31H37Cl2N5O3. The second kappa shape index (κ2) is 11.9. The summed E-state index contributed by atoms with van der Waals surface area (Å²) in [6, 6.07) is 13.4. The van der Waals surface area contributed by atoms with E-state index in [4.69, 9.17) is 27.9 Å². The molecule has 3 heterocycles. The van der Waals surface area contributed by atoms with Crippen LogP contribution in [0.5, 0.6) is 0 Å². The number of amides is 2. The minimum absolute atomic E-state index is 0.0229. The Morgan fingerprint density at radius 2 is 1.59 bits per heavy atom. The highest BCUT2D eigenvalue weighted by Crippen LogP contribution is 2.34. The van der Waals surface area contributed by atoms with Crippen LogP contribution < -0.4 is 4.90 Å². The maximum Gasteiger partial charge on any atom is 0.410 e. The molecule has 8 nitrogen and oxygen atoms in total. The number of aryl methyl sites for hydroxylation is 1. The van der Waals surface area contributed by atoms with Crippen LogP contribution in [0.4, 0.5) is 10.5 Å². The molecule has 218 valence electrons. The van der Waals surface area contributed by atoms with Gasteiger partial charge in [-0.15, -0.1) is 0 Å². The highest BCUT2D eigenvalue weighted by atomic mass is 35.5. The Bertz CT molecular complexity index is 1420. The Hall–Kier alpha value is -3.23. The highest BCUT2D eigenvalue weighted by Gasteiger charge is 2.34. The summed E-state index contributed by atoms with van der Waals surface area (Å²) in [4.78, 5) is 32.6. The number of halogens is 2. The van der Waals surface area contributed by atoms with Crippen LogP contribution in [0.2, 0.25) is 10.0 Å². The minimum atomic E-state index is -0.547. The molecule has 3 aromatic rings. The Labute approximate surface area is 251 Å². The molecule has 10 heteroatoms. The average Bonchev–Trinajstić information content (AvgIpc) is 3.38. The van der Waals surface area contributed by atoms with Gasteiger partial charge in [-0.3, -0.25) is 4.79 Å². The Morgan fingerprint density at radius 3 is 2.24 bits per heavy atom. The van der Waals surface area contributed by atoms with Crippen LogP contribution in [0.1, 0.15) is 61.1 Å². The number of carbonyl (C=O) groups excluding carboxylic acids is 2. The normalized spacial score (nSPS) is 16.7. The number of piperazine rings is 1. The third-order valence-electron chi connectivity index (χ3n) is 7.70. The molecule has 2 amide bonds. The van der Waals surface area contributed by atoms with Crippen LogP contribution in [0.25, 0.3) is 5.69 Å². The number of hydrogen-bond donors (Lipinski definition) is 0. The van der Waals surface area contributed by atoms with Gasteiger partial charge in [-0.25, -0.2) is 9.48 Å². The quantitative estimate of drug-likeness (QED) is 0.340. The van der Waals surface area contributed by atoms with E-state index in [0.29, 0.717) is 54.6 Å². The van der Waals surface area contributed by atoms with Gasteiger partial charge in [0.05, 0.1) is 23.1 Å². The molecule has 0 spiro atoms. The van der Waals surface area contributed by atoms with Crippen molar-refractivity contribution in [3.8, 4) is 5.69 Å². The number of piperidine rings is 1. The molecule has 0 saturated carbocycles. The summed E-state index contributed by atoms with van der Waals surface area (Å²) in [5.41, 5.74) is 4.01. The first kappa shape index (κ1) is 29.3. The highest BCUT2D eigenvalue weighted by molar-refractivity contribution is 6.31. The summed E-state index contributed by atoms with van der Waals surface area (Å²) < 4.78 is 7.43. The van der Waals surface area contributed by atoms with E-state index in [-0.39, 0.29) is 17.9 Å². The van der Waals surface area contributed by atoms with E-state index in [0.717, 1.165) is 35.7 Å². The van der Waals surface area contributed by atoms with Gasteiger partial charge in [0.25, 0.3) is 5.91 Å². The zero-order valence-corrected chi connectivity index (χ0v) is 25.6. The van der Waals surface area contributed by atoms with Crippen LogP contribution in [0, 0.1) is 6.92 Å². The zero-order chi connectivity index (χ0) is 29.3. The number of hydrogen-bond acceptors (Lipinski definition) is 5. The molecule has 41 heavy (non-hydrogen) atoms. The van der Waals surface area contributed by atoms with Gasteiger partial charge >= 0.3 is 6.09 Å². The molecule has 0 aliphatic carbocycles. The Kier molecular flexibility index (Phi) is 8.52. The standard InChI is InChI=1S/C31H37Cl2N5O3/c1-21-8-9-24(33)19-27(21)35-14-16-36(17-15-35)29(39)26-20-34-38(25-7-5-6-23(32)18-25)28(26)22-10-12-37(13-11-22)30(40)41-31(2,3)4/h5-9,18-20,22H,10-17H2,1-4H3. The van der Waals surface area contributed by atoms with Crippen molar-refractivity contribution in [1.29, 1.82) is 0 Å². The van der Waals surface area contributed by atoms with Gasteiger partial charge < -0.3 is 19.4 Å². The van der Waals surface area contributed by atoms with Crippen LogP contribution in [0.15, 0.2) is 48.7 Å². The number of nitrogens with zero attached hydrogens (tertiary/aromatic N) is 5. The average molecular weight is 599 g/mol. The van der Waals surface area contributed by atoms with Gasteiger partial charge in [-0.1, -0.05) is 35.3 Å². The van der Waals surface area contributed by atoms with Crippen molar-refractivity contribution in [2.75, 3.05) is 44.2 Å². The van der Waals surface area contributed by atoms with E-state index in [1.165, 1.54) is 0 Å². The van der Waals surface area contributed by atoms with Gasteiger partial charge in [0.2, 0.25) is 0 Å². The fourth-order valence-corrected chi connectivity index (χ4v) is 5.99. The van der Waals surface area contributed by atoms with E-state index in [2.05, 4.69) is 16.9 Å². The minimum Gasteiger partial charge on any atom is -0.444 e. The van der Waals surface area contributed by atoms with Gasteiger partial charge in [0, 0.05) is 60.9 Å². The number of ether oxygens (including phenoxy) is 1. The number of likely N-dealkylation sites (tertiary alicyclic amines) is 1. The molecular weight excluding hydrogens is 561 g/mol. The van der Waals surface area contributed by atoms with E-state index >= 15 is 0 Å². The molecule has 0 bridgehead atoms. The van der Waals surface area contributed by atoms with Crippen molar-refractivity contribution >= 4 is 40.9 Å². The summed E-state index contributed by atoms with van der Waals surface area (Å²) in [5, 5.41) is 5.99. The van der Waals surface area contributed by atoms with E-state index in [1.54, 1.807) is 11.1 Å². The molecule has 2 aliphatic rings. The van der Waals surface area contributed by atoms with E-state index < -0.39 is 5.60 Å². The van der Waals surface area contributed by atoms with Gasteiger partial charge in [-0.2, -0.15) is 5.10 Å². The molecule has 2 aromatic carbocycles. The lowest BCUT2D eigenvalue weighted by atomic mass is 9.90. The topological polar surface area (TPSA) is 70.9 Å². The van der Waals surface area contributed by atoms with Crippen molar-refractivity contribution in [2.24, 2.45) is 0 Å². The van der Waals surface area contributed by atoms with Crippen LogP contribution in [0.3, 0.4) is 0 Å². The number of aromatic nitrogens is 2. The molecule has 0 atom stereocenters. The Morgan fingerprint density at radius 1 is 0.902 bits per heavy atom. The molecule has 1 aromatic heterocycles. The second-order valence-electron chi connectivity index (χ2n) is 11.8. The summed E-state index contributed by atoms with van der Waals surface area (Å²) in [6.45, 7) is 11.4. The van der Waals surface area contributed by atoms with Gasteiger partial charge in [-0.05, 0) is 76.4 Å². The molecule has 0 N–H and O–H groups in total. The predicted molar refractivity (Wildman–Crippen MR) is 163 cm³/mol. The van der Waals surface area contributed by atoms with Gasteiger partial charge in [0.1, 0.15) is 5.60 Å². The Balaban J connectivity index is 1.37. The number of carbonyl (C=O) groups is 2. The number of benzene rings is 2. The second-order valence-corrected chi connectivity index (χ2v) is 12.7. The summed E-state index contributed by atoms with van der Waals surface area (Å²) in [5.74, 6) is 0.0230. The molecule has 2 saturated heterocycles. The predicted octanol–water partition coefficient (Wildman–Crippen LogP) is 6.56. The third kappa shape index (κ3) is 6.65. The summed E-state index contributed by atoms with van der Waals surface area (Å²) >= 11 is 12.6. The number of rotatable bonds is 4. The van der Waals surface area contributed by atoms with Crippen LogP contribution >= 0.6 is 23.2 Å². The lowest BCUT2D eigenvalue weighted by Crippen LogP contribution is -2.49. The van der Waals surface area contributed by atoms with E-state index in [1.807, 2.05) is 72.8 Å².